The van der Waals surface area contributed by atoms with Gasteiger partial charge < -0.3 is 14.6 Å². The second-order valence-corrected chi connectivity index (χ2v) is 6.97. The lowest BCUT2D eigenvalue weighted by atomic mass is 9.93. The molecule has 6 heteroatoms. The maximum Gasteiger partial charge on any atom is 0.407 e. The highest BCUT2D eigenvalue weighted by Crippen LogP contribution is 2.38. The molecule has 1 aliphatic carbocycles. The average Bonchev–Trinajstić information content (AvgIpc) is 3.02. The Kier molecular flexibility index (Phi) is 3.75. The second-order valence-electron chi connectivity index (χ2n) is 6.97. The van der Waals surface area contributed by atoms with Gasteiger partial charge >= 0.3 is 6.09 Å². The van der Waals surface area contributed by atoms with E-state index >= 15 is 0 Å². The van der Waals surface area contributed by atoms with Crippen LogP contribution in [-0.4, -0.2) is 28.4 Å². The largest absolute Gasteiger partial charge is 0.444 e. The van der Waals surface area contributed by atoms with Crippen LogP contribution < -0.4 is 5.32 Å². The van der Waals surface area contributed by atoms with E-state index in [4.69, 9.17) is 9.26 Å². The number of ether oxygens (including phenoxy) is 1. The van der Waals surface area contributed by atoms with E-state index in [0.717, 1.165) is 18.7 Å². The lowest BCUT2D eigenvalue weighted by Gasteiger charge is -2.23. The van der Waals surface area contributed by atoms with Gasteiger partial charge in [-0.1, -0.05) is 5.16 Å². The summed E-state index contributed by atoms with van der Waals surface area (Å²) in [4.78, 5) is 16.1. The van der Waals surface area contributed by atoms with Gasteiger partial charge in [0.05, 0.1) is 5.41 Å². The van der Waals surface area contributed by atoms with Crippen molar-refractivity contribution in [1.82, 2.24) is 15.5 Å². The topological polar surface area (TPSA) is 77.2 Å². The van der Waals surface area contributed by atoms with Crippen molar-refractivity contribution >= 4 is 6.09 Å². The Labute approximate surface area is 119 Å². The van der Waals surface area contributed by atoms with Gasteiger partial charge in [-0.25, -0.2) is 4.79 Å². The van der Waals surface area contributed by atoms with Crippen LogP contribution in [0.4, 0.5) is 4.79 Å². The molecule has 2 rings (SSSR count). The molecule has 0 aromatic carbocycles. The molecule has 1 aliphatic rings. The van der Waals surface area contributed by atoms with Crippen molar-refractivity contribution in [1.29, 1.82) is 0 Å². The van der Waals surface area contributed by atoms with E-state index in [0.29, 0.717) is 18.4 Å². The Bertz CT molecular complexity index is 484. The van der Waals surface area contributed by atoms with Crippen molar-refractivity contribution in [2.45, 2.75) is 64.4 Å². The third kappa shape index (κ3) is 3.95. The number of alkyl carbamates (subject to hydrolysis) is 1. The molecule has 6 nitrogen and oxygen atoms in total. The molecule has 0 atom stereocenters. The van der Waals surface area contributed by atoms with E-state index < -0.39 is 17.1 Å². The number of aromatic nitrogens is 2. The van der Waals surface area contributed by atoms with Crippen LogP contribution in [0.25, 0.3) is 0 Å². The number of rotatable bonds is 4. The minimum absolute atomic E-state index is 0.383. The summed E-state index contributed by atoms with van der Waals surface area (Å²) in [7, 11) is 0. The van der Waals surface area contributed by atoms with E-state index in [-0.39, 0.29) is 0 Å². The Morgan fingerprint density at radius 3 is 2.55 bits per heavy atom. The SMILES string of the molecule is CC(C)(C)OC(=O)NCC(C)(C)c1nc(C2CC2)no1. The molecule has 0 bridgehead atoms. The van der Waals surface area contributed by atoms with Crippen LogP contribution in [0.1, 0.15) is 65.1 Å². The molecule has 1 amide bonds. The molecule has 1 aromatic heterocycles. The Morgan fingerprint density at radius 1 is 1.35 bits per heavy atom. The van der Waals surface area contributed by atoms with Crippen LogP contribution in [0.2, 0.25) is 0 Å². The number of hydrogen-bond acceptors (Lipinski definition) is 5. The monoisotopic (exact) mass is 281 g/mol. The number of carbonyl (C=O) groups excluding carboxylic acids is 1. The number of nitrogens with one attached hydrogen (secondary N) is 1. The van der Waals surface area contributed by atoms with Crippen molar-refractivity contribution in [3.05, 3.63) is 11.7 Å². The summed E-state index contributed by atoms with van der Waals surface area (Å²) in [5.74, 6) is 1.79. The maximum absolute atomic E-state index is 11.7. The molecule has 112 valence electrons. The van der Waals surface area contributed by atoms with E-state index in [9.17, 15) is 4.79 Å². The number of carbonyl (C=O) groups is 1. The highest BCUT2D eigenvalue weighted by atomic mass is 16.6. The third-order valence-corrected chi connectivity index (χ3v) is 3.04. The highest BCUT2D eigenvalue weighted by Gasteiger charge is 2.33. The minimum Gasteiger partial charge on any atom is -0.444 e. The van der Waals surface area contributed by atoms with Crippen molar-refractivity contribution in [3.63, 3.8) is 0 Å². The first-order chi connectivity index (χ1) is 9.17. The van der Waals surface area contributed by atoms with Gasteiger partial charge in [0.2, 0.25) is 5.89 Å². The van der Waals surface area contributed by atoms with Crippen LogP contribution in [0.3, 0.4) is 0 Å². The van der Waals surface area contributed by atoms with Gasteiger partial charge in [-0.05, 0) is 47.5 Å². The van der Waals surface area contributed by atoms with Crippen LogP contribution in [0, 0.1) is 0 Å². The standard InChI is InChI=1S/C14H23N3O3/c1-13(2,3)19-12(18)15-8-14(4,5)11-16-10(17-20-11)9-6-7-9/h9H,6-8H2,1-5H3,(H,15,18). The minimum atomic E-state index is -0.502. The van der Waals surface area contributed by atoms with Gasteiger partial charge in [0.15, 0.2) is 5.82 Å². The summed E-state index contributed by atoms with van der Waals surface area (Å²) in [6, 6.07) is 0. The Balaban J connectivity index is 1.90. The van der Waals surface area contributed by atoms with Crippen molar-refractivity contribution in [2.75, 3.05) is 6.54 Å². The molecule has 1 aromatic rings. The van der Waals surface area contributed by atoms with E-state index in [1.165, 1.54) is 0 Å². The normalized spacial score (nSPS) is 16.1. The molecule has 0 spiro atoms. The fourth-order valence-corrected chi connectivity index (χ4v) is 1.70. The smallest absolute Gasteiger partial charge is 0.407 e. The summed E-state index contributed by atoms with van der Waals surface area (Å²) in [5.41, 5.74) is -0.922. The fourth-order valence-electron chi connectivity index (χ4n) is 1.70. The predicted molar refractivity (Wildman–Crippen MR) is 73.5 cm³/mol. The zero-order valence-electron chi connectivity index (χ0n) is 12.8. The summed E-state index contributed by atoms with van der Waals surface area (Å²) in [6.07, 6.45) is 1.83. The van der Waals surface area contributed by atoms with E-state index in [1.807, 2.05) is 34.6 Å². The third-order valence-electron chi connectivity index (χ3n) is 3.04. The van der Waals surface area contributed by atoms with Crippen molar-refractivity contribution in [2.24, 2.45) is 0 Å². The van der Waals surface area contributed by atoms with Gasteiger partial charge in [0.1, 0.15) is 5.60 Å². The molecule has 0 aliphatic heterocycles. The maximum atomic E-state index is 11.7. The van der Waals surface area contributed by atoms with Gasteiger partial charge in [0, 0.05) is 12.5 Å². The number of hydrogen-bond donors (Lipinski definition) is 1. The lowest BCUT2D eigenvalue weighted by molar-refractivity contribution is 0.0514. The molecule has 1 fully saturated rings. The summed E-state index contributed by atoms with van der Waals surface area (Å²) < 4.78 is 10.5. The van der Waals surface area contributed by atoms with Crippen molar-refractivity contribution < 1.29 is 14.1 Å². The molecule has 1 heterocycles. The molecular weight excluding hydrogens is 258 g/mol. The quantitative estimate of drug-likeness (QED) is 0.918. The van der Waals surface area contributed by atoms with E-state index in [1.54, 1.807) is 0 Å². The first-order valence-electron chi connectivity index (χ1n) is 6.98. The summed E-state index contributed by atoms with van der Waals surface area (Å²) >= 11 is 0. The number of amides is 1. The van der Waals surface area contributed by atoms with Crippen LogP contribution in [0.5, 0.6) is 0 Å². The van der Waals surface area contributed by atoms with Gasteiger partial charge in [-0.2, -0.15) is 4.98 Å². The zero-order valence-corrected chi connectivity index (χ0v) is 12.8. The number of nitrogens with zero attached hydrogens (tertiary/aromatic N) is 2. The Hall–Kier alpha value is -1.59. The zero-order chi connectivity index (χ0) is 15.0. The van der Waals surface area contributed by atoms with Crippen LogP contribution >= 0.6 is 0 Å². The van der Waals surface area contributed by atoms with Gasteiger partial charge in [-0.3, -0.25) is 0 Å². The van der Waals surface area contributed by atoms with Crippen LogP contribution in [0.15, 0.2) is 4.52 Å². The van der Waals surface area contributed by atoms with E-state index in [2.05, 4.69) is 15.5 Å². The molecule has 0 radical (unpaired) electrons. The van der Waals surface area contributed by atoms with Gasteiger partial charge in [0.25, 0.3) is 0 Å². The second kappa shape index (κ2) is 5.07. The first kappa shape index (κ1) is 14.8. The van der Waals surface area contributed by atoms with Crippen LogP contribution in [-0.2, 0) is 10.2 Å². The predicted octanol–water partition coefficient (Wildman–Crippen LogP) is 2.75. The summed E-state index contributed by atoms with van der Waals surface area (Å²) in [6.45, 7) is 9.78. The van der Waals surface area contributed by atoms with Gasteiger partial charge in [-0.15, -0.1) is 0 Å². The molecule has 0 unspecified atom stereocenters. The lowest BCUT2D eigenvalue weighted by Crippen LogP contribution is -2.40. The molecular formula is C14H23N3O3. The average molecular weight is 281 g/mol. The molecule has 0 saturated heterocycles. The van der Waals surface area contributed by atoms with Crippen molar-refractivity contribution in [3.8, 4) is 0 Å². The highest BCUT2D eigenvalue weighted by molar-refractivity contribution is 5.67. The fraction of sp³-hybridized carbons (Fsp3) is 0.786. The first-order valence-corrected chi connectivity index (χ1v) is 6.98. The Morgan fingerprint density at radius 2 is 2.00 bits per heavy atom. The molecule has 20 heavy (non-hydrogen) atoms. The summed E-state index contributed by atoms with van der Waals surface area (Å²) in [5, 5.41) is 6.74. The molecule has 1 N–H and O–H groups in total. The molecule has 1 saturated carbocycles.